The van der Waals surface area contributed by atoms with Crippen molar-refractivity contribution in [2.75, 3.05) is 6.61 Å². The van der Waals surface area contributed by atoms with Gasteiger partial charge in [-0.3, -0.25) is 0 Å². The molecule has 178 valence electrons. The van der Waals surface area contributed by atoms with Crippen molar-refractivity contribution >= 4 is 29.2 Å². The molecule has 6 nitrogen and oxygen atoms in total. The van der Waals surface area contributed by atoms with Crippen LogP contribution < -0.4 is 19.9 Å². The fourth-order valence-corrected chi connectivity index (χ4v) is 4.24. The third-order valence-electron chi connectivity index (χ3n) is 5.53. The van der Waals surface area contributed by atoms with Crippen molar-refractivity contribution in [1.82, 2.24) is 0 Å². The number of halogens is 2. The summed E-state index contributed by atoms with van der Waals surface area (Å²) in [6.07, 6.45) is 2.03. The molecule has 3 aromatic rings. The number of esters is 1. The molecule has 1 aliphatic rings. The van der Waals surface area contributed by atoms with Crippen molar-refractivity contribution < 1.29 is 19.0 Å². The highest BCUT2D eigenvalue weighted by atomic mass is 35.5. The Morgan fingerprint density at radius 3 is 2.51 bits per heavy atom. The van der Waals surface area contributed by atoms with E-state index >= 15 is 0 Å². The predicted molar refractivity (Wildman–Crippen MR) is 134 cm³/mol. The maximum atomic E-state index is 12.6. The number of rotatable bonds is 7. The van der Waals surface area contributed by atoms with Crippen molar-refractivity contribution in [3.63, 3.8) is 0 Å². The minimum absolute atomic E-state index is 0.00232. The average molecular weight is 509 g/mol. The second kappa shape index (κ2) is 10.7. The van der Waals surface area contributed by atoms with Gasteiger partial charge in [-0.05, 0) is 48.4 Å². The highest BCUT2D eigenvalue weighted by Gasteiger charge is 2.31. The molecule has 4 rings (SSSR count). The van der Waals surface area contributed by atoms with E-state index in [1.54, 1.807) is 24.3 Å². The van der Waals surface area contributed by atoms with Gasteiger partial charge in [-0.1, -0.05) is 54.7 Å². The van der Waals surface area contributed by atoms with Crippen molar-refractivity contribution in [3.8, 4) is 23.3 Å². The molecule has 0 fully saturated rings. The SMILES string of the molecule is CCCCOc1ccc(C2C(C#N)=C(N)Oc3cc(OC(=O)c4ccc(Cl)cc4Cl)ccc32)cc1. The summed E-state index contributed by atoms with van der Waals surface area (Å²) in [6, 6.07) is 19.2. The molecule has 2 N–H and O–H groups in total. The van der Waals surface area contributed by atoms with Crippen LogP contribution in [0.25, 0.3) is 0 Å². The van der Waals surface area contributed by atoms with Crippen molar-refractivity contribution in [1.29, 1.82) is 5.26 Å². The molecular formula is C27H22Cl2N2O4. The van der Waals surface area contributed by atoms with E-state index in [9.17, 15) is 10.1 Å². The van der Waals surface area contributed by atoms with Gasteiger partial charge >= 0.3 is 5.97 Å². The van der Waals surface area contributed by atoms with Crippen molar-refractivity contribution in [2.24, 2.45) is 5.73 Å². The Morgan fingerprint density at radius 1 is 1.09 bits per heavy atom. The number of nitriles is 1. The molecule has 1 heterocycles. The van der Waals surface area contributed by atoms with Crippen LogP contribution in [-0.4, -0.2) is 12.6 Å². The number of nitrogens with zero attached hydrogens (tertiary/aromatic N) is 1. The second-order valence-corrected chi connectivity index (χ2v) is 8.75. The van der Waals surface area contributed by atoms with Gasteiger partial charge in [0, 0.05) is 16.7 Å². The van der Waals surface area contributed by atoms with Crippen LogP contribution in [0, 0.1) is 11.3 Å². The lowest BCUT2D eigenvalue weighted by Crippen LogP contribution is -2.21. The number of unbranched alkanes of at least 4 members (excludes halogenated alkanes) is 1. The molecule has 8 heteroatoms. The maximum Gasteiger partial charge on any atom is 0.345 e. The van der Waals surface area contributed by atoms with Crippen LogP contribution >= 0.6 is 23.2 Å². The van der Waals surface area contributed by atoms with E-state index in [0.717, 1.165) is 29.7 Å². The normalized spacial score (nSPS) is 14.5. The molecule has 1 atom stereocenters. The third-order valence-corrected chi connectivity index (χ3v) is 6.08. The molecule has 0 amide bonds. The van der Waals surface area contributed by atoms with Gasteiger partial charge in [0.1, 0.15) is 28.9 Å². The molecule has 0 saturated carbocycles. The number of benzene rings is 3. The number of allylic oxidation sites excluding steroid dienone is 1. The third kappa shape index (κ3) is 5.37. The van der Waals surface area contributed by atoms with Crippen LogP contribution in [-0.2, 0) is 0 Å². The minimum Gasteiger partial charge on any atom is -0.494 e. The van der Waals surface area contributed by atoms with Gasteiger partial charge in [0.25, 0.3) is 0 Å². The van der Waals surface area contributed by atoms with Crippen LogP contribution in [0.5, 0.6) is 17.2 Å². The summed E-state index contributed by atoms with van der Waals surface area (Å²) < 4.78 is 17.0. The van der Waals surface area contributed by atoms with Gasteiger partial charge in [-0.25, -0.2) is 4.79 Å². The summed E-state index contributed by atoms with van der Waals surface area (Å²) >= 11 is 12.0. The molecule has 0 aromatic heterocycles. The van der Waals surface area contributed by atoms with E-state index in [2.05, 4.69) is 13.0 Å². The van der Waals surface area contributed by atoms with Gasteiger partial charge in [0.2, 0.25) is 5.88 Å². The lowest BCUT2D eigenvalue weighted by molar-refractivity contribution is 0.0734. The number of carbonyl (C=O) groups excluding carboxylic acids is 1. The van der Waals surface area contributed by atoms with E-state index in [1.165, 1.54) is 12.1 Å². The Hall–Kier alpha value is -3.66. The Labute approximate surface area is 213 Å². The van der Waals surface area contributed by atoms with E-state index in [0.29, 0.717) is 23.0 Å². The zero-order valence-corrected chi connectivity index (χ0v) is 20.4. The number of hydrogen-bond acceptors (Lipinski definition) is 6. The van der Waals surface area contributed by atoms with Gasteiger partial charge in [0.05, 0.1) is 23.1 Å². The zero-order valence-electron chi connectivity index (χ0n) is 18.9. The van der Waals surface area contributed by atoms with Gasteiger partial charge < -0.3 is 19.9 Å². The Bertz CT molecular complexity index is 1330. The second-order valence-electron chi connectivity index (χ2n) is 7.91. The lowest BCUT2D eigenvalue weighted by atomic mass is 9.83. The monoisotopic (exact) mass is 508 g/mol. The van der Waals surface area contributed by atoms with E-state index in [-0.39, 0.29) is 22.2 Å². The molecule has 0 bridgehead atoms. The Kier molecular flexibility index (Phi) is 7.50. The summed E-state index contributed by atoms with van der Waals surface area (Å²) in [5.41, 5.74) is 8.15. The molecule has 0 spiro atoms. The molecule has 1 aliphatic heterocycles. The van der Waals surface area contributed by atoms with Crippen molar-refractivity contribution in [3.05, 3.63) is 98.9 Å². The summed E-state index contributed by atoms with van der Waals surface area (Å²) in [5.74, 6) is 0.307. The predicted octanol–water partition coefficient (Wildman–Crippen LogP) is 6.61. The Balaban J connectivity index is 1.61. The molecular weight excluding hydrogens is 487 g/mol. The van der Waals surface area contributed by atoms with Gasteiger partial charge in [0.15, 0.2) is 0 Å². The highest BCUT2D eigenvalue weighted by molar-refractivity contribution is 6.36. The van der Waals surface area contributed by atoms with E-state index in [1.807, 2.05) is 24.3 Å². The largest absolute Gasteiger partial charge is 0.494 e. The standard InChI is InChI=1S/C27H22Cl2N2O4/c1-2-3-12-33-18-7-4-16(5-8-18)25-21-11-9-19(14-24(21)35-26(31)22(25)15-30)34-27(32)20-10-6-17(28)13-23(20)29/h4-11,13-14,25H,2-3,12,31H2,1H3. The molecule has 1 unspecified atom stereocenters. The van der Waals surface area contributed by atoms with Gasteiger partial charge in [-0.2, -0.15) is 5.26 Å². The van der Waals surface area contributed by atoms with Crippen LogP contribution in [0.3, 0.4) is 0 Å². The number of carbonyl (C=O) groups is 1. The maximum absolute atomic E-state index is 12.6. The van der Waals surface area contributed by atoms with Crippen LogP contribution in [0.15, 0.2) is 72.1 Å². The zero-order chi connectivity index (χ0) is 24.9. The minimum atomic E-state index is -0.640. The van der Waals surface area contributed by atoms with Crippen LogP contribution in [0.2, 0.25) is 10.0 Å². The molecule has 0 saturated heterocycles. The molecule has 0 radical (unpaired) electrons. The topological polar surface area (TPSA) is 94.6 Å². The van der Waals surface area contributed by atoms with E-state index in [4.69, 9.17) is 43.1 Å². The van der Waals surface area contributed by atoms with Gasteiger partial charge in [-0.15, -0.1) is 0 Å². The lowest BCUT2D eigenvalue weighted by Gasteiger charge is -2.26. The fourth-order valence-electron chi connectivity index (χ4n) is 3.75. The summed E-state index contributed by atoms with van der Waals surface area (Å²) in [4.78, 5) is 12.6. The first kappa shape index (κ1) is 24.5. The number of fused-ring (bicyclic) bond motifs is 1. The average Bonchev–Trinajstić information content (AvgIpc) is 2.83. The molecule has 0 aliphatic carbocycles. The number of ether oxygens (including phenoxy) is 3. The summed E-state index contributed by atoms with van der Waals surface area (Å²) in [7, 11) is 0. The first-order valence-electron chi connectivity index (χ1n) is 11.0. The van der Waals surface area contributed by atoms with Crippen LogP contribution in [0.4, 0.5) is 0 Å². The first-order chi connectivity index (χ1) is 16.9. The highest BCUT2D eigenvalue weighted by Crippen LogP contribution is 2.43. The molecule has 35 heavy (non-hydrogen) atoms. The quantitative estimate of drug-likeness (QED) is 0.219. The molecule has 3 aromatic carbocycles. The van der Waals surface area contributed by atoms with Crippen molar-refractivity contribution in [2.45, 2.75) is 25.7 Å². The first-order valence-corrected chi connectivity index (χ1v) is 11.8. The van der Waals surface area contributed by atoms with E-state index < -0.39 is 11.9 Å². The Morgan fingerprint density at radius 2 is 1.83 bits per heavy atom. The summed E-state index contributed by atoms with van der Waals surface area (Å²) in [5, 5.41) is 10.4. The number of hydrogen-bond donors (Lipinski definition) is 1. The van der Waals surface area contributed by atoms with Crippen LogP contribution in [0.1, 0.15) is 47.2 Å². The smallest absolute Gasteiger partial charge is 0.345 e. The summed E-state index contributed by atoms with van der Waals surface area (Å²) in [6.45, 7) is 2.75. The number of nitrogens with two attached hydrogens (primary N) is 1. The fraction of sp³-hybridized carbons (Fsp3) is 0.185.